The summed E-state index contributed by atoms with van der Waals surface area (Å²) >= 11 is 0. The van der Waals surface area contributed by atoms with Crippen molar-refractivity contribution in [1.29, 1.82) is 0 Å². The van der Waals surface area contributed by atoms with Crippen LogP contribution in [0.2, 0.25) is 0 Å². The lowest BCUT2D eigenvalue weighted by Crippen LogP contribution is -2.59. The monoisotopic (exact) mass is 657 g/mol. The van der Waals surface area contributed by atoms with Crippen LogP contribution in [0.3, 0.4) is 0 Å². The minimum Gasteiger partial charge on any atom is -0.394 e. The Hall–Kier alpha value is -0.240. The Morgan fingerprint density at radius 1 is 0.391 bits per heavy atom. The van der Waals surface area contributed by atoms with E-state index in [-0.39, 0.29) is 0 Å². The highest BCUT2D eigenvalue weighted by Gasteiger charge is 2.43. The molecule has 0 amide bonds. The van der Waals surface area contributed by atoms with E-state index in [2.05, 4.69) is 6.92 Å². The number of aliphatic hydroxyl groups excluding tert-OH is 4. The molecule has 0 saturated carbocycles. The van der Waals surface area contributed by atoms with Crippen molar-refractivity contribution in [2.24, 2.45) is 0 Å². The predicted molar refractivity (Wildman–Crippen MR) is 193 cm³/mol. The smallest absolute Gasteiger partial charge is 0.186 e. The van der Waals surface area contributed by atoms with Crippen molar-refractivity contribution in [3.63, 3.8) is 0 Å². The van der Waals surface area contributed by atoms with E-state index in [1.807, 2.05) is 0 Å². The highest BCUT2D eigenvalue weighted by molar-refractivity contribution is 4.88. The summed E-state index contributed by atoms with van der Waals surface area (Å²) in [6.07, 6.45) is 38.6. The van der Waals surface area contributed by atoms with Crippen molar-refractivity contribution >= 4 is 0 Å². The first-order valence-electron chi connectivity index (χ1n) is 20.5. The quantitative estimate of drug-likeness (QED) is 0.0507. The summed E-state index contributed by atoms with van der Waals surface area (Å²) in [6.45, 7) is 2.30. The molecule has 0 aromatic rings. The highest BCUT2D eigenvalue weighted by atomic mass is 16.7. The van der Waals surface area contributed by atoms with Crippen molar-refractivity contribution in [1.82, 2.24) is 0 Å². The van der Waals surface area contributed by atoms with Crippen LogP contribution in [0.25, 0.3) is 0 Å². The van der Waals surface area contributed by atoms with Gasteiger partial charge in [0.05, 0.1) is 6.61 Å². The Morgan fingerprint density at radius 3 is 0.957 bits per heavy atom. The van der Waals surface area contributed by atoms with Crippen LogP contribution in [0.15, 0.2) is 0 Å². The number of hydrogen-bond donors (Lipinski definition) is 4. The second kappa shape index (κ2) is 33.3. The van der Waals surface area contributed by atoms with Crippen LogP contribution in [-0.4, -0.2) is 64.3 Å². The lowest BCUT2D eigenvalue weighted by molar-refractivity contribution is -0.301. The van der Waals surface area contributed by atoms with Crippen LogP contribution in [0, 0.1) is 0 Å². The molecule has 0 aromatic heterocycles. The first-order valence-corrected chi connectivity index (χ1v) is 20.5. The third kappa shape index (κ3) is 24.8. The zero-order valence-electron chi connectivity index (χ0n) is 30.5. The Balaban J connectivity index is 1.69. The van der Waals surface area contributed by atoms with Gasteiger partial charge in [-0.05, 0) is 6.42 Å². The van der Waals surface area contributed by atoms with Gasteiger partial charge in [0.1, 0.15) is 24.4 Å². The molecule has 46 heavy (non-hydrogen) atoms. The molecule has 6 nitrogen and oxygen atoms in total. The molecule has 1 heterocycles. The van der Waals surface area contributed by atoms with Gasteiger partial charge in [0.2, 0.25) is 0 Å². The molecule has 4 N–H and O–H groups in total. The van der Waals surface area contributed by atoms with E-state index >= 15 is 0 Å². The van der Waals surface area contributed by atoms with Crippen LogP contribution in [0.1, 0.15) is 212 Å². The van der Waals surface area contributed by atoms with Crippen LogP contribution < -0.4 is 0 Å². The normalized spacial score (nSPS) is 21.7. The summed E-state index contributed by atoms with van der Waals surface area (Å²) in [4.78, 5) is 0. The third-order valence-electron chi connectivity index (χ3n) is 10.1. The standard InChI is InChI=1S/C40H80O6/c1-2-3-4-5-6-7-8-9-10-11-12-13-14-15-16-17-18-19-20-21-22-23-24-25-26-27-28-29-30-31-32-33-34-45-40-39(44)38(43)37(42)36(35-41)46-40/h36-44H,2-35H2,1H3/t36-,37-,38+,39-,40?/m1/s1. The van der Waals surface area contributed by atoms with E-state index in [0.717, 1.165) is 12.8 Å². The molecule has 1 saturated heterocycles. The van der Waals surface area contributed by atoms with Crippen LogP contribution in [0.5, 0.6) is 0 Å². The van der Waals surface area contributed by atoms with Gasteiger partial charge in [0.25, 0.3) is 0 Å². The first kappa shape index (κ1) is 43.8. The Bertz CT molecular complexity index is 602. The molecule has 1 aliphatic rings. The SMILES string of the molecule is CCCCCCCCCCCCCCCCCCCCCCCCCCCCCCCCCCOC1O[C@H](CO)[C@@H](O)[C@H](O)[C@H]1O. The van der Waals surface area contributed by atoms with E-state index in [1.165, 1.54) is 193 Å². The van der Waals surface area contributed by atoms with Gasteiger partial charge in [-0.3, -0.25) is 0 Å². The Labute approximate surface area is 285 Å². The zero-order chi connectivity index (χ0) is 33.3. The predicted octanol–water partition coefficient (Wildman–Crippen LogP) is 10.3. The van der Waals surface area contributed by atoms with E-state index in [9.17, 15) is 20.4 Å². The van der Waals surface area contributed by atoms with Gasteiger partial charge in [0, 0.05) is 6.61 Å². The topological polar surface area (TPSA) is 99.4 Å². The largest absolute Gasteiger partial charge is 0.394 e. The highest BCUT2D eigenvalue weighted by Crippen LogP contribution is 2.22. The molecule has 0 radical (unpaired) electrons. The Kier molecular flexibility index (Phi) is 31.7. The van der Waals surface area contributed by atoms with Gasteiger partial charge in [-0.15, -0.1) is 0 Å². The summed E-state index contributed by atoms with van der Waals surface area (Å²) < 4.78 is 10.9. The Morgan fingerprint density at radius 2 is 0.674 bits per heavy atom. The second-order valence-electron chi connectivity index (χ2n) is 14.5. The molecule has 6 heteroatoms. The van der Waals surface area contributed by atoms with Gasteiger partial charge >= 0.3 is 0 Å². The summed E-state index contributed by atoms with van der Waals surface area (Å²) in [5.41, 5.74) is 0. The summed E-state index contributed by atoms with van der Waals surface area (Å²) in [5, 5.41) is 38.9. The van der Waals surface area contributed by atoms with Crippen molar-refractivity contribution < 1.29 is 29.9 Å². The van der Waals surface area contributed by atoms with E-state index in [1.54, 1.807) is 0 Å². The minimum atomic E-state index is -1.37. The lowest BCUT2D eigenvalue weighted by atomic mass is 9.99. The second-order valence-corrected chi connectivity index (χ2v) is 14.5. The van der Waals surface area contributed by atoms with Crippen molar-refractivity contribution in [2.45, 2.75) is 243 Å². The molecule has 1 aliphatic heterocycles. The van der Waals surface area contributed by atoms with Gasteiger partial charge in [0.15, 0.2) is 6.29 Å². The molecule has 276 valence electrons. The third-order valence-corrected chi connectivity index (χ3v) is 10.1. The fourth-order valence-electron chi connectivity index (χ4n) is 6.88. The molecule has 0 aromatic carbocycles. The number of aliphatic hydroxyl groups is 4. The fourth-order valence-corrected chi connectivity index (χ4v) is 6.88. The number of ether oxygens (including phenoxy) is 2. The summed E-state index contributed by atoms with van der Waals surface area (Å²) in [5.74, 6) is 0. The molecule has 5 atom stereocenters. The average Bonchev–Trinajstić information content (AvgIpc) is 3.06. The van der Waals surface area contributed by atoms with Crippen LogP contribution >= 0.6 is 0 Å². The molecule has 1 rings (SSSR count). The number of rotatable bonds is 35. The molecular formula is C40H80O6. The maximum absolute atomic E-state index is 10.00. The van der Waals surface area contributed by atoms with Crippen molar-refractivity contribution in [3.05, 3.63) is 0 Å². The minimum absolute atomic E-state index is 0.426. The van der Waals surface area contributed by atoms with Gasteiger partial charge in [-0.2, -0.15) is 0 Å². The summed E-state index contributed by atoms with van der Waals surface area (Å²) in [6, 6.07) is 0. The van der Waals surface area contributed by atoms with E-state index < -0.39 is 37.3 Å². The molecular weight excluding hydrogens is 576 g/mol. The average molecular weight is 657 g/mol. The molecule has 0 spiro atoms. The number of unbranched alkanes of at least 4 members (excludes halogenated alkanes) is 31. The molecule has 0 bridgehead atoms. The van der Waals surface area contributed by atoms with E-state index in [0.29, 0.717) is 6.61 Å². The summed E-state index contributed by atoms with van der Waals surface area (Å²) in [7, 11) is 0. The van der Waals surface area contributed by atoms with Crippen LogP contribution in [0.4, 0.5) is 0 Å². The van der Waals surface area contributed by atoms with Gasteiger partial charge in [-0.1, -0.05) is 206 Å². The maximum Gasteiger partial charge on any atom is 0.186 e. The van der Waals surface area contributed by atoms with Crippen molar-refractivity contribution in [3.8, 4) is 0 Å². The zero-order valence-corrected chi connectivity index (χ0v) is 30.5. The first-order chi connectivity index (χ1) is 22.6. The maximum atomic E-state index is 10.00. The molecule has 1 fully saturated rings. The number of hydrogen-bond acceptors (Lipinski definition) is 6. The molecule has 0 aliphatic carbocycles. The van der Waals surface area contributed by atoms with Crippen molar-refractivity contribution in [2.75, 3.05) is 13.2 Å². The lowest BCUT2D eigenvalue weighted by Gasteiger charge is -2.39. The molecule has 1 unspecified atom stereocenters. The van der Waals surface area contributed by atoms with E-state index in [4.69, 9.17) is 9.47 Å². The van der Waals surface area contributed by atoms with Crippen LogP contribution in [-0.2, 0) is 9.47 Å². The van der Waals surface area contributed by atoms with Gasteiger partial charge in [-0.25, -0.2) is 0 Å². The fraction of sp³-hybridized carbons (Fsp3) is 1.00. The van der Waals surface area contributed by atoms with Gasteiger partial charge < -0.3 is 29.9 Å².